The van der Waals surface area contributed by atoms with Crippen LogP contribution in [0.4, 0.5) is 0 Å². The van der Waals surface area contributed by atoms with Crippen LogP contribution in [0.2, 0.25) is 0 Å². The molecule has 3 unspecified atom stereocenters. The minimum absolute atomic E-state index is 0. The molecule has 1 aromatic rings. The molecule has 0 aliphatic heterocycles. The predicted octanol–water partition coefficient (Wildman–Crippen LogP) is 5.37. The molecule has 0 heterocycles. The number of rotatable bonds is 3. The van der Waals surface area contributed by atoms with Gasteiger partial charge in [0.05, 0.1) is 0 Å². The quantitative estimate of drug-likeness (QED) is 0.588. The molecule has 3 atom stereocenters. The van der Waals surface area contributed by atoms with E-state index in [4.69, 9.17) is 0 Å². The van der Waals surface area contributed by atoms with Crippen molar-refractivity contribution in [2.24, 2.45) is 11.8 Å². The molecule has 19 heavy (non-hydrogen) atoms. The zero-order chi connectivity index (χ0) is 12.6. The van der Waals surface area contributed by atoms with Gasteiger partial charge in [-0.1, -0.05) is 28.2 Å². The Morgan fingerprint density at radius 3 is 1.79 bits per heavy atom. The van der Waals surface area contributed by atoms with Gasteiger partial charge in [0.2, 0.25) is 0 Å². The molecular weight excluding hydrogens is 382 g/mol. The van der Waals surface area contributed by atoms with Gasteiger partial charge in [0.15, 0.2) is 0 Å². The average Bonchev–Trinajstić information content (AvgIpc) is 2.30. The Morgan fingerprint density at radius 2 is 1.53 bits per heavy atom. The zero-order valence-corrected chi connectivity index (χ0v) is 17.9. The summed E-state index contributed by atoms with van der Waals surface area (Å²) < 4.78 is 0. The van der Waals surface area contributed by atoms with Gasteiger partial charge in [-0.15, -0.1) is 0 Å². The third-order valence-electron chi connectivity index (χ3n) is 2.70. The van der Waals surface area contributed by atoms with Crippen LogP contribution in [0.15, 0.2) is 24.3 Å². The summed E-state index contributed by atoms with van der Waals surface area (Å²) in [6.07, 6.45) is 2.17. The van der Waals surface area contributed by atoms with E-state index in [2.05, 4.69) is 60.1 Å². The molecule has 0 saturated heterocycles. The molecule has 1 aromatic carbocycles. The van der Waals surface area contributed by atoms with Gasteiger partial charge in [0.1, 0.15) is 0 Å². The second kappa shape index (κ2) is 17.5. The number of benzene rings is 1. The van der Waals surface area contributed by atoms with Crippen LogP contribution in [0.3, 0.4) is 0 Å². The maximum Gasteiger partial charge on any atom is 0 e. The first-order valence-corrected chi connectivity index (χ1v) is 5.91. The fourth-order valence-corrected chi connectivity index (χ4v) is 0.870. The summed E-state index contributed by atoms with van der Waals surface area (Å²) in [6, 6.07) is 11.3. The molecule has 0 aliphatic carbocycles. The zero-order valence-electron chi connectivity index (χ0n) is 12.2. The Bertz CT molecular complexity index is 249. The minimum Gasteiger partial charge on any atom is -0.343 e. The second-order valence-corrected chi connectivity index (χ2v) is 4.39. The van der Waals surface area contributed by atoms with Crippen LogP contribution in [0.1, 0.15) is 46.6 Å². The summed E-state index contributed by atoms with van der Waals surface area (Å²) in [4.78, 5) is 0. The minimum atomic E-state index is 0. The van der Waals surface area contributed by atoms with Crippen molar-refractivity contribution in [2.75, 3.05) is 0 Å². The average molecular weight is 410 g/mol. The maximum absolute atomic E-state index is 3.78. The van der Waals surface area contributed by atoms with E-state index in [0.717, 1.165) is 0 Å². The summed E-state index contributed by atoms with van der Waals surface area (Å²) >= 11 is 0. The van der Waals surface area contributed by atoms with Crippen molar-refractivity contribution in [2.45, 2.75) is 41.0 Å². The Morgan fingerprint density at radius 1 is 1.05 bits per heavy atom. The largest absolute Gasteiger partial charge is 0.343 e. The topological polar surface area (TPSA) is 0 Å². The van der Waals surface area contributed by atoms with Crippen LogP contribution in [-0.2, 0) is 65.4 Å². The Hall–Kier alpha value is 1.43. The first-order chi connectivity index (χ1) is 7.49. The molecule has 2 radical (unpaired) electrons. The fraction of sp³-hybridized carbons (Fsp3) is 0.471. The van der Waals surface area contributed by atoms with Crippen LogP contribution in [-0.4, -0.2) is 0 Å². The molecule has 0 bridgehead atoms. The Balaban J connectivity index is -0.000000112. The molecule has 0 saturated carbocycles. The van der Waals surface area contributed by atoms with Crippen molar-refractivity contribution >= 4 is 0 Å². The van der Waals surface area contributed by atoms with E-state index in [1.54, 1.807) is 0 Å². The standard InChI is InChI=1S/C10H12.C6H12.CH4.2Y/c1-3-9(2)10-7-5-4-6-8-10;1-5(2)6(3)4;;;/h3-7,9H,1-2H3;5-6H,1,3H2,2,4H3;1H4;;/q2*-2;;;. The molecule has 0 aliphatic rings. The van der Waals surface area contributed by atoms with Gasteiger partial charge in [0.25, 0.3) is 0 Å². The van der Waals surface area contributed by atoms with Gasteiger partial charge < -0.3 is 20.3 Å². The third kappa shape index (κ3) is 15.6. The summed E-state index contributed by atoms with van der Waals surface area (Å²) in [7, 11) is 0. The van der Waals surface area contributed by atoms with Gasteiger partial charge in [-0.05, 0) is 0 Å². The molecular formula is C17H28Y2-4. The van der Waals surface area contributed by atoms with Crippen LogP contribution in [0, 0.1) is 38.2 Å². The van der Waals surface area contributed by atoms with Gasteiger partial charge >= 0.3 is 0 Å². The van der Waals surface area contributed by atoms with Crippen LogP contribution >= 0.6 is 0 Å². The first kappa shape index (κ1) is 28.6. The Labute approximate surface area is 172 Å². The third-order valence-corrected chi connectivity index (χ3v) is 2.70. The van der Waals surface area contributed by atoms with Crippen LogP contribution in [0.25, 0.3) is 0 Å². The van der Waals surface area contributed by atoms with E-state index in [-0.39, 0.29) is 72.8 Å². The summed E-state index contributed by atoms with van der Waals surface area (Å²) in [6.45, 7) is 15.9. The molecule has 0 spiro atoms. The molecule has 0 fully saturated rings. The van der Waals surface area contributed by atoms with Gasteiger partial charge in [-0.25, -0.2) is 0 Å². The van der Waals surface area contributed by atoms with Crippen molar-refractivity contribution in [1.82, 2.24) is 0 Å². The van der Waals surface area contributed by atoms with Gasteiger partial charge in [-0.3, -0.25) is 0 Å². The molecule has 1 rings (SSSR count). The van der Waals surface area contributed by atoms with E-state index in [9.17, 15) is 0 Å². The van der Waals surface area contributed by atoms with E-state index < -0.39 is 0 Å². The SMILES string of the molecule is C.C[CH-]C(C)c1[c-]cccc1.[CH2-]C(C)C([CH2-])C.[Y].[Y]. The molecule has 0 aromatic heterocycles. The van der Waals surface area contributed by atoms with Crippen molar-refractivity contribution in [3.05, 3.63) is 56.2 Å². The smallest absolute Gasteiger partial charge is 0 e. The molecule has 0 amide bonds. The van der Waals surface area contributed by atoms with Crippen molar-refractivity contribution < 1.29 is 65.4 Å². The molecule has 0 nitrogen and oxygen atoms in total. The van der Waals surface area contributed by atoms with Crippen molar-refractivity contribution in [3.8, 4) is 0 Å². The molecule has 2 heteroatoms. The Kier molecular flexibility index (Phi) is 26.3. The second-order valence-electron chi connectivity index (χ2n) is 4.39. The summed E-state index contributed by atoms with van der Waals surface area (Å²) in [5, 5.41) is 0. The predicted molar refractivity (Wildman–Crippen MR) is 79.4 cm³/mol. The summed E-state index contributed by atoms with van der Waals surface area (Å²) in [5.41, 5.74) is 1.27. The van der Waals surface area contributed by atoms with Crippen LogP contribution < -0.4 is 0 Å². The van der Waals surface area contributed by atoms with Gasteiger partial charge in [0, 0.05) is 65.4 Å². The number of hydrogen-bond donors (Lipinski definition) is 0. The first-order valence-electron chi connectivity index (χ1n) is 5.91. The van der Waals surface area contributed by atoms with E-state index in [1.807, 2.05) is 18.2 Å². The summed E-state index contributed by atoms with van der Waals surface area (Å²) in [5.74, 6) is 1.51. The van der Waals surface area contributed by atoms with E-state index in [1.165, 1.54) is 5.56 Å². The van der Waals surface area contributed by atoms with Crippen LogP contribution in [0.5, 0.6) is 0 Å². The maximum atomic E-state index is 3.78. The van der Waals surface area contributed by atoms with Crippen molar-refractivity contribution in [3.63, 3.8) is 0 Å². The fourth-order valence-electron chi connectivity index (χ4n) is 0.870. The van der Waals surface area contributed by atoms with Crippen molar-refractivity contribution in [1.29, 1.82) is 0 Å². The van der Waals surface area contributed by atoms with E-state index >= 15 is 0 Å². The number of hydrogen-bond acceptors (Lipinski definition) is 0. The molecule has 0 N–H and O–H groups in total. The molecule has 106 valence electrons. The monoisotopic (exact) mass is 410 g/mol. The van der Waals surface area contributed by atoms with Gasteiger partial charge in [-0.2, -0.15) is 60.6 Å². The normalized spacial score (nSPS) is 13.2. The van der Waals surface area contributed by atoms with E-state index in [0.29, 0.717) is 17.8 Å².